The van der Waals surface area contributed by atoms with Crippen molar-refractivity contribution >= 4 is 11.8 Å². The van der Waals surface area contributed by atoms with Gasteiger partial charge in [-0.15, -0.1) is 0 Å². The minimum Gasteiger partial charge on any atom is -0.473 e. The van der Waals surface area contributed by atoms with Crippen molar-refractivity contribution in [2.75, 3.05) is 7.11 Å². The van der Waals surface area contributed by atoms with Gasteiger partial charge in [0.2, 0.25) is 0 Å². The fourth-order valence-electron chi connectivity index (χ4n) is 2.26. The summed E-state index contributed by atoms with van der Waals surface area (Å²) >= 11 is 0. The molecule has 2 atom stereocenters. The predicted molar refractivity (Wildman–Crippen MR) is 95.7 cm³/mol. The van der Waals surface area contributed by atoms with E-state index in [0.29, 0.717) is 11.3 Å². The average Bonchev–Trinajstić information content (AvgIpc) is 2.49. The fraction of sp³-hybridized carbons (Fsp3) is 0.579. The Kier molecular flexibility index (Phi) is 7.58. The highest BCUT2D eigenvalue weighted by molar-refractivity contribution is 5.98. The van der Waals surface area contributed by atoms with Crippen LogP contribution in [0.1, 0.15) is 56.5 Å². The van der Waals surface area contributed by atoms with E-state index >= 15 is 0 Å². The molecule has 6 nitrogen and oxygen atoms in total. The number of aliphatic hydroxyl groups is 1. The molecule has 1 rings (SSSR count). The van der Waals surface area contributed by atoms with Crippen molar-refractivity contribution in [1.29, 1.82) is 0 Å². The van der Waals surface area contributed by atoms with E-state index in [9.17, 15) is 14.7 Å². The lowest BCUT2D eigenvalue weighted by Crippen LogP contribution is -2.51. The van der Waals surface area contributed by atoms with Crippen LogP contribution in [0.15, 0.2) is 18.2 Å². The summed E-state index contributed by atoms with van der Waals surface area (Å²) in [4.78, 5) is 23.5. The molecule has 6 heteroatoms. The number of aryl methyl sites for hydroxylation is 1. The smallest absolute Gasteiger partial charge is 0.305 e. The number of carbonyl (C=O) groups excluding carboxylic acids is 2. The molecule has 140 valence electrons. The van der Waals surface area contributed by atoms with Gasteiger partial charge in [0.25, 0.3) is 0 Å². The molecule has 0 fully saturated rings. The maximum Gasteiger partial charge on any atom is 0.305 e. The highest BCUT2D eigenvalue weighted by Crippen LogP contribution is 2.21. The molecule has 1 aromatic carbocycles. The summed E-state index contributed by atoms with van der Waals surface area (Å²) in [6, 6.07) is 5.18. The third kappa shape index (κ3) is 7.67. The molecule has 0 heterocycles. The molecule has 0 amide bonds. The van der Waals surface area contributed by atoms with Crippen LogP contribution in [0.2, 0.25) is 0 Å². The van der Waals surface area contributed by atoms with Gasteiger partial charge in [0, 0.05) is 17.5 Å². The van der Waals surface area contributed by atoms with Crippen molar-refractivity contribution in [3.05, 3.63) is 29.3 Å². The normalized spacial score (nSPS) is 13.9. The summed E-state index contributed by atoms with van der Waals surface area (Å²) in [6.07, 6.45) is -1.23. The van der Waals surface area contributed by atoms with Crippen LogP contribution in [0.3, 0.4) is 0 Å². The number of Topliss-reactive ketones (excluding diaryl/α,β-unsaturated/α-hetero) is 1. The Labute approximate surface area is 149 Å². The number of ether oxygens (including phenoxy) is 2. The van der Waals surface area contributed by atoms with Crippen LogP contribution < -0.4 is 10.1 Å². The first kappa shape index (κ1) is 21.1. The zero-order valence-electron chi connectivity index (χ0n) is 15.9. The van der Waals surface area contributed by atoms with E-state index in [0.717, 1.165) is 5.56 Å². The Hall–Kier alpha value is -1.92. The number of carbonyl (C=O) groups is 2. The number of methoxy groups -OCH3 is 1. The van der Waals surface area contributed by atoms with Gasteiger partial charge in [0.1, 0.15) is 11.9 Å². The lowest BCUT2D eigenvalue weighted by molar-refractivity contribution is -0.140. The van der Waals surface area contributed by atoms with Gasteiger partial charge in [-0.05, 0) is 58.4 Å². The second-order valence-electron chi connectivity index (χ2n) is 7.21. The van der Waals surface area contributed by atoms with Crippen LogP contribution in [0, 0.1) is 6.92 Å². The highest BCUT2D eigenvalue weighted by atomic mass is 16.5. The molecule has 0 aliphatic carbocycles. The van der Waals surface area contributed by atoms with Crippen LogP contribution >= 0.6 is 0 Å². The van der Waals surface area contributed by atoms with Gasteiger partial charge >= 0.3 is 5.97 Å². The van der Waals surface area contributed by atoms with Crippen molar-refractivity contribution < 1.29 is 24.2 Å². The summed E-state index contributed by atoms with van der Waals surface area (Å²) in [7, 11) is 1.30. The molecule has 0 aliphatic rings. The summed E-state index contributed by atoms with van der Waals surface area (Å²) in [5.41, 5.74) is 1.09. The molecule has 25 heavy (non-hydrogen) atoms. The topological polar surface area (TPSA) is 84.9 Å². The Morgan fingerprint density at radius 1 is 1.20 bits per heavy atom. The SMILES string of the molecule is COC(=O)CCC(=O)c1cc(C)cc(OC(NC(C)(C)C)C(C)O)c1. The quantitative estimate of drug-likeness (QED) is 0.425. The van der Waals surface area contributed by atoms with Gasteiger partial charge in [-0.25, -0.2) is 0 Å². The number of benzene rings is 1. The predicted octanol–water partition coefficient (Wildman–Crippen LogP) is 2.60. The second-order valence-corrected chi connectivity index (χ2v) is 7.21. The minimum absolute atomic E-state index is 0.0430. The molecular weight excluding hydrogens is 322 g/mol. The lowest BCUT2D eigenvalue weighted by atomic mass is 10.0. The number of esters is 1. The van der Waals surface area contributed by atoms with E-state index in [1.54, 1.807) is 25.1 Å². The Morgan fingerprint density at radius 3 is 2.36 bits per heavy atom. The van der Waals surface area contributed by atoms with E-state index in [1.807, 2.05) is 27.7 Å². The molecule has 0 aliphatic heterocycles. The average molecular weight is 351 g/mol. The maximum atomic E-state index is 12.3. The standard InChI is InChI=1S/C19H29NO5/c1-12-9-14(16(22)7-8-17(23)24-6)11-15(10-12)25-18(13(2)21)20-19(3,4)5/h9-11,13,18,20-21H,7-8H2,1-6H3. The Balaban J connectivity index is 2.92. The molecule has 1 aromatic rings. The van der Waals surface area contributed by atoms with Gasteiger partial charge in [-0.2, -0.15) is 0 Å². The maximum absolute atomic E-state index is 12.3. The number of rotatable bonds is 8. The van der Waals surface area contributed by atoms with Gasteiger partial charge in [0.15, 0.2) is 12.0 Å². The summed E-state index contributed by atoms with van der Waals surface area (Å²) in [6.45, 7) is 9.43. The van der Waals surface area contributed by atoms with E-state index in [1.165, 1.54) is 7.11 Å². The number of aliphatic hydroxyl groups excluding tert-OH is 1. The molecule has 0 saturated carbocycles. The Morgan fingerprint density at radius 2 is 1.84 bits per heavy atom. The first-order valence-electron chi connectivity index (χ1n) is 8.36. The monoisotopic (exact) mass is 351 g/mol. The van der Waals surface area contributed by atoms with Crippen molar-refractivity contribution in [3.63, 3.8) is 0 Å². The number of ketones is 1. The molecule has 0 aromatic heterocycles. The molecule has 0 bridgehead atoms. The summed E-state index contributed by atoms with van der Waals surface area (Å²) in [5, 5.41) is 13.2. The van der Waals surface area contributed by atoms with Crippen LogP contribution in [0.25, 0.3) is 0 Å². The van der Waals surface area contributed by atoms with Crippen molar-refractivity contribution in [2.24, 2.45) is 0 Å². The van der Waals surface area contributed by atoms with Crippen molar-refractivity contribution in [3.8, 4) is 5.75 Å². The van der Waals surface area contributed by atoms with Crippen molar-refractivity contribution in [2.45, 2.75) is 65.3 Å². The second kappa shape index (κ2) is 8.97. The Bertz CT molecular complexity index is 604. The van der Waals surface area contributed by atoms with Crippen LogP contribution in [-0.2, 0) is 9.53 Å². The zero-order chi connectivity index (χ0) is 19.2. The number of nitrogens with one attached hydrogen (secondary N) is 1. The van der Waals surface area contributed by atoms with Gasteiger partial charge < -0.3 is 14.6 Å². The van der Waals surface area contributed by atoms with Crippen LogP contribution in [0.5, 0.6) is 5.75 Å². The van der Waals surface area contributed by atoms with Gasteiger partial charge in [-0.3, -0.25) is 14.9 Å². The first-order valence-corrected chi connectivity index (χ1v) is 8.36. The highest BCUT2D eigenvalue weighted by Gasteiger charge is 2.23. The number of hydrogen-bond acceptors (Lipinski definition) is 6. The molecular formula is C19H29NO5. The van der Waals surface area contributed by atoms with Crippen LogP contribution in [0.4, 0.5) is 0 Å². The zero-order valence-corrected chi connectivity index (χ0v) is 15.9. The van der Waals surface area contributed by atoms with E-state index in [2.05, 4.69) is 10.1 Å². The summed E-state index contributed by atoms with van der Waals surface area (Å²) in [5.74, 6) is -0.0820. The molecule has 0 radical (unpaired) electrons. The van der Waals surface area contributed by atoms with E-state index in [4.69, 9.17) is 4.74 Å². The first-order chi connectivity index (χ1) is 11.5. The number of hydrogen-bond donors (Lipinski definition) is 2. The van der Waals surface area contributed by atoms with E-state index in [-0.39, 0.29) is 24.2 Å². The third-order valence-electron chi connectivity index (χ3n) is 3.43. The molecule has 2 N–H and O–H groups in total. The van der Waals surface area contributed by atoms with Gasteiger partial charge in [-0.1, -0.05) is 0 Å². The molecule has 2 unspecified atom stereocenters. The lowest BCUT2D eigenvalue weighted by Gasteiger charge is -2.30. The van der Waals surface area contributed by atoms with Crippen LogP contribution in [-0.4, -0.2) is 41.8 Å². The molecule has 0 saturated heterocycles. The third-order valence-corrected chi connectivity index (χ3v) is 3.43. The molecule has 0 spiro atoms. The van der Waals surface area contributed by atoms with E-state index < -0.39 is 18.3 Å². The largest absolute Gasteiger partial charge is 0.473 e. The minimum atomic E-state index is -0.738. The fourth-order valence-corrected chi connectivity index (χ4v) is 2.26. The van der Waals surface area contributed by atoms with Crippen molar-refractivity contribution in [1.82, 2.24) is 5.32 Å². The van der Waals surface area contributed by atoms with Gasteiger partial charge in [0.05, 0.1) is 13.5 Å². The summed E-state index contributed by atoms with van der Waals surface area (Å²) < 4.78 is 10.4.